The zero-order valence-electron chi connectivity index (χ0n) is 5.26. The molecule has 0 aliphatic rings. The lowest BCUT2D eigenvalue weighted by Gasteiger charge is -2.00. The molecule has 0 rings (SSSR count). The van der Waals surface area contributed by atoms with Crippen LogP contribution in [0.3, 0.4) is 0 Å². The second-order valence-corrected chi connectivity index (χ2v) is 1.44. The minimum absolute atomic E-state index is 0.0377. The van der Waals surface area contributed by atoms with Gasteiger partial charge in [0.15, 0.2) is 0 Å². The quantitative estimate of drug-likeness (QED) is 0.429. The molecule has 9 heavy (non-hydrogen) atoms. The summed E-state index contributed by atoms with van der Waals surface area (Å²) in [6.07, 6.45) is 2.73. The van der Waals surface area contributed by atoms with Crippen molar-refractivity contribution >= 4 is 6.29 Å². The van der Waals surface area contributed by atoms with Crippen LogP contribution in [0.5, 0.6) is 0 Å². The van der Waals surface area contributed by atoms with Gasteiger partial charge in [-0.2, -0.15) is 0 Å². The van der Waals surface area contributed by atoms with Gasteiger partial charge < -0.3 is 9.84 Å². The van der Waals surface area contributed by atoms with Gasteiger partial charge >= 0.3 is 0 Å². The first-order valence-corrected chi connectivity index (χ1v) is 2.59. The highest BCUT2D eigenvalue weighted by Gasteiger charge is 1.85. The predicted molar refractivity (Wildman–Crippen MR) is 32.5 cm³/mol. The molecule has 0 aliphatic heterocycles. The smallest absolute Gasteiger partial charge is 0.229 e. The molecule has 0 aromatic carbocycles. The highest BCUT2D eigenvalue weighted by atomic mass is 16.5. The molecule has 0 aromatic rings. The molecule has 0 heterocycles. The van der Waals surface area contributed by atoms with E-state index in [1.54, 1.807) is 13.2 Å². The van der Waals surface area contributed by atoms with Gasteiger partial charge in [0, 0.05) is 6.08 Å². The van der Waals surface area contributed by atoms with Gasteiger partial charge in [0.2, 0.25) is 6.29 Å². The van der Waals surface area contributed by atoms with E-state index in [9.17, 15) is 4.79 Å². The summed E-state index contributed by atoms with van der Waals surface area (Å²) >= 11 is 0. The summed E-state index contributed by atoms with van der Waals surface area (Å²) in [7, 11) is 0. The maximum atomic E-state index is 9.63. The summed E-state index contributed by atoms with van der Waals surface area (Å²) in [6.45, 7) is 1.81. The molecule has 0 saturated carbocycles. The van der Waals surface area contributed by atoms with Crippen LogP contribution in [-0.2, 0) is 9.53 Å². The molecule has 0 aliphatic carbocycles. The molecule has 0 spiro atoms. The van der Waals surface area contributed by atoms with Crippen molar-refractivity contribution in [2.24, 2.45) is 0 Å². The Bertz CT molecular complexity index is 107. The highest BCUT2D eigenvalue weighted by Crippen LogP contribution is 1.90. The molecular formula is C6H9O3. The van der Waals surface area contributed by atoms with E-state index < -0.39 is 0 Å². The van der Waals surface area contributed by atoms with Crippen LogP contribution in [0.2, 0.25) is 0 Å². The molecule has 1 radical (unpaired) electrons. The van der Waals surface area contributed by atoms with Crippen LogP contribution in [0.4, 0.5) is 0 Å². The van der Waals surface area contributed by atoms with Crippen LogP contribution in [0.15, 0.2) is 11.8 Å². The third-order valence-electron chi connectivity index (χ3n) is 0.683. The summed E-state index contributed by atoms with van der Waals surface area (Å²) in [5.41, 5.74) is 0. The van der Waals surface area contributed by atoms with E-state index in [-0.39, 0.29) is 13.2 Å². The Labute approximate surface area is 53.9 Å². The normalized spacial score (nSPS) is 11.1. The standard InChI is InChI=1S/C6H9O3/c1-6(2-3-7)9-5-4-8/h2,8H,4-5H2,1H3. The van der Waals surface area contributed by atoms with Gasteiger partial charge in [-0.25, -0.2) is 0 Å². The van der Waals surface area contributed by atoms with Gasteiger partial charge in [0.25, 0.3) is 0 Å². The Hall–Kier alpha value is -0.830. The summed E-state index contributed by atoms with van der Waals surface area (Å²) in [4.78, 5) is 9.63. The fourth-order valence-corrected chi connectivity index (χ4v) is 0.331. The lowest BCUT2D eigenvalue weighted by atomic mass is 10.5. The van der Waals surface area contributed by atoms with Crippen molar-refractivity contribution in [3.8, 4) is 0 Å². The van der Waals surface area contributed by atoms with Crippen molar-refractivity contribution in [3.63, 3.8) is 0 Å². The zero-order valence-corrected chi connectivity index (χ0v) is 5.26. The molecule has 0 bridgehead atoms. The van der Waals surface area contributed by atoms with Crippen LogP contribution < -0.4 is 0 Å². The number of hydrogen-bond acceptors (Lipinski definition) is 3. The van der Waals surface area contributed by atoms with Gasteiger partial charge in [-0.3, -0.25) is 4.79 Å². The maximum Gasteiger partial charge on any atom is 0.229 e. The number of carbonyl (C=O) groups excluding carboxylic acids is 1. The average Bonchev–Trinajstić information content (AvgIpc) is 1.85. The van der Waals surface area contributed by atoms with E-state index in [1.807, 2.05) is 0 Å². The minimum Gasteiger partial charge on any atom is -0.496 e. The van der Waals surface area contributed by atoms with Crippen molar-refractivity contribution in [1.82, 2.24) is 0 Å². The average molecular weight is 129 g/mol. The molecule has 51 valence electrons. The van der Waals surface area contributed by atoms with Crippen molar-refractivity contribution in [3.05, 3.63) is 11.8 Å². The van der Waals surface area contributed by atoms with Crippen molar-refractivity contribution in [1.29, 1.82) is 0 Å². The van der Waals surface area contributed by atoms with Crippen molar-refractivity contribution in [2.75, 3.05) is 13.2 Å². The molecule has 3 nitrogen and oxygen atoms in total. The third-order valence-corrected chi connectivity index (χ3v) is 0.683. The number of aliphatic hydroxyl groups is 1. The molecule has 0 amide bonds. The van der Waals surface area contributed by atoms with Crippen LogP contribution in [0, 0.1) is 0 Å². The molecule has 0 saturated heterocycles. The molecule has 0 unspecified atom stereocenters. The lowest BCUT2D eigenvalue weighted by molar-refractivity contribution is 0.146. The van der Waals surface area contributed by atoms with Gasteiger partial charge in [0.1, 0.15) is 6.61 Å². The summed E-state index contributed by atoms with van der Waals surface area (Å²) in [5.74, 6) is 0.471. The molecular weight excluding hydrogens is 120 g/mol. The molecule has 1 N–H and O–H groups in total. The number of aliphatic hydroxyl groups excluding tert-OH is 1. The van der Waals surface area contributed by atoms with E-state index >= 15 is 0 Å². The molecule has 0 aromatic heterocycles. The van der Waals surface area contributed by atoms with E-state index in [1.165, 1.54) is 6.08 Å². The van der Waals surface area contributed by atoms with E-state index in [2.05, 4.69) is 0 Å². The van der Waals surface area contributed by atoms with Crippen LogP contribution >= 0.6 is 0 Å². The highest BCUT2D eigenvalue weighted by molar-refractivity contribution is 5.66. The first kappa shape index (κ1) is 8.17. The summed E-state index contributed by atoms with van der Waals surface area (Å²) in [6, 6.07) is 0. The fourth-order valence-electron chi connectivity index (χ4n) is 0.331. The molecule has 0 fully saturated rings. The summed E-state index contributed by atoms with van der Waals surface area (Å²) < 4.78 is 4.78. The van der Waals surface area contributed by atoms with Gasteiger partial charge in [-0.1, -0.05) is 0 Å². The monoisotopic (exact) mass is 129 g/mol. The first-order valence-electron chi connectivity index (χ1n) is 2.59. The zero-order chi connectivity index (χ0) is 7.11. The van der Waals surface area contributed by atoms with Crippen molar-refractivity contribution < 1.29 is 14.6 Å². The lowest BCUT2D eigenvalue weighted by Crippen LogP contribution is -1.96. The topological polar surface area (TPSA) is 46.5 Å². The Morgan fingerprint density at radius 2 is 2.56 bits per heavy atom. The maximum absolute atomic E-state index is 9.63. The predicted octanol–water partition coefficient (Wildman–Crippen LogP) is 0.00880. The van der Waals surface area contributed by atoms with Gasteiger partial charge in [-0.15, -0.1) is 0 Å². The van der Waals surface area contributed by atoms with E-state index in [4.69, 9.17) is 9.84 Å². The summed E-state index contributed by atoms with van der Waals surface area (Å²) in [5, 5.41) is 8.23. The minimum atomic E-state index is -0.0377. The Morgan fingerprint density at radius 3 is 3.00 bits per heavy atom. The SMILES string of the molecule is CC(=C[C]=O)OCCO. The number of rotatable bonds is 4. The second-order valence-electron chi connectivity index (χ2n) is 1.44. The molecule has 3 heteroatoms. The van der Waals surface area contributed by atoms with Gasteiger partial charge in [0.05, 0.1) is 12.4 Å². The Balaban J connectivity index is 3.36. The van der Waals surface area contributed by atoms with Crippen LogP contribution in [-0.4, -0.2) is 24.6 Å². The van der Waals surface area contributed by atoms with Crippen LogP contribution in [0.25, 0.3) is 0 Å². The number of ether oxygens (including phenoxy) is 1. The number of hydrogen-bond donors (Lipinski definition) is 1. The Kier molecular flexibility index (Phi) is 4.82. The van der Waals surface area contributed by atoms with E-state index in [0.29, 0.717) is 5.76 Å². The fraction of sp³-hybridized carbons (Fsp3) is 0.500. The van der Waals surface area contributed by atoms with Crippen molar-refractivity contribution in [2.45, 2.75) is 6.92 Å². The molecule has 0 atom stereocenters. The van der Waals surface area contributed by atoms with E-state index in [0.717, 1.165) is 0 Å². The second kappa shape index (κ2) is 5.31. The first-order chi connectivity index (χ1) is 4.31. The third kappa shape index (κ3) is 5.03. The number of allylic oxidation sites excluding steroid dienone is 2. The van der Waals surface area contributed by atoms with Gasteiger partial charge in [-0.05, 0) is 6.92 Å². The largest absolute Gasteiger partial charge is 0.496 e. The van der Waals surface area contributed by atoms with Crippen LogP contribution in [0.1, 0.15) is 6.92 Å². The Morgan fingerprint density at radius 1 is 1.89 bits per heavy atom.